The van der Waals surface area contributed by atoms with Crippen LogP contribution in [0.15, 0.2) is 0 Å². The summed E-state index contributed by atoms with van der Waals surface area (Å²) in [5.41, 5.74) is 0. The van der Waals surface area contributed by atoms with Gasteiger partial charge in [0.05, 0.1) is 19.3 Å². The number of hydrogen-bond donors (Lipinski definition) is 4. The van der Waals surface area contributed by atoms with E-state index in [1.165, 1.54) is 0 Å². The Balaban J connectivity index is 3.19. The van der Waals surface area contributed by atoms with Crippen LogP contribution in [0.4, 0.5) is 0 Å². The number of hydrogen-bond acceptors (Lipinski definition) is 4. The number of rotatable bonds is 8. The van der Waals surface area contributed by atoms with Crippen molar-refractivity contribution in [3.8, 4) is 0 Å². The summed E-state index contributed by atoms with van der Waals surface area (Å²) in [4.78, 5) is 10.1. The van der Waals surface area contributed by atoms with Gasteiger partial charge in [-0.1, -0.05) is 0 Å². The molecule has 4 N–H and O–H groups in total. The van der Waals surface area contributed by atoms with Crippen molar-refractivity contribution in [3.05, 3.63) is 0 Å². The minimum absolute atomic E-state index is 0.102. The Labute approximate surface area is 77.4 Å². The van der Waals surface area contributed by atoms with Crippen molar-refractivity contribution in [1.82, 2.24) is 5.32 Å². The maximum Gasteiger partial charge on any atom is 0.303 e. The summed E-state index contributed by atoms with van der Waals surface area (Å²) in [5.74, 6) is -0.791. The third-order valence-electron chi connectivity index (χ3n) is 1.69. The van der Waals surface area contributed by atoms with Gasteiger partial charge in [0.25, 0.3) is 0 Å². The van der Waals surface area contributed by atoms with Gasteiger partial charge in [0.1, 0.15) is 0 Å². The summed E-state index contributed by atoms with van der Waals surface area (Å²) < 4.78 is 0. The molecule has 0 aromatic carbocycles. The van der Waals surface area contributed by atoms with E-state index in [0.717, 1.165) is 6.42 Å². The highest BCUT2D eigenvalue weighted by Crippen LogP contribution is 1.93. The number of aliphatic hydroxyl groups excluding tert-OH is 2. The molecule has 0 aliphatic heterocycles. The van der Waals surface area contributed by atoms with E-state index < -0.39 is 5.97 Å². The van der Waals surface area contributed by atoms with Crippen LogP contribution in [-0.4, -0.2) is 47.1 Å². The zero-order valence-corrected chi connectivity index (χ0v) is 7.57. The molecule has 0 heterocycles. The normalized spacial score (nSPS) is 10.7. The van der Waals surface area contributed by atoms with Gasteiger partial charge in [-0.15, -0.1) is 0 Å². The van der Waals surface area contributed by atoms with Crippen molar-refractivity contribution >= 4 is 5.97 Å². The van der Waals surface area contributed by atoms with E-state index in [4.69, 9.17) is 15.3 Å². The van der Waals surface area contributed by atoms with Crippen molar-refractivity contribution in [2.75, 3.05) is 19.8 Å². The van der Waals surface area contributed by atoms with Crippen LogP contribution in [0.25, 0.3) is 0 Å². The third kappa shape index (κ3) is 7.70. The molecule has 0 bridgehead atoms. The molecule has 0 aromatic heterocycles. The zero-order valence-electron chi connectivity index (χ0n) is 7.57. The topological polar surface area (TPSA) is 89.8 Å². The minimum atomic E-state index is -0.791. The Hall–Kier alpha value is -0.650. The summed E-state index contributed by atoms with van der Waals surface area (Å²) >= 11 is 0. The molecule has 0 radical (unpaired) electrons. The van der Waals surface area contributed by atoms with Gasteiger partial charge in [-0.3, -0.25) is 4.79 Å². The number of nitrogens with one attached hydrogen (secondary N) is 1. The second kappa shape index (κ2) is 7.97. The van der Waals surface area contributed by atoms with E-state index in [0.29, 0.717) is 13.0 Å². The van der Waals surface area contributed by atoms with Crippen molar-refractivity contribution < 1.29 is 20.1 Å². The van der Waals surface area contributed by atoms with Crippen LogP contribution in [0.3, 0.4) is 0 Å². The monoisotopic (exact) mass is 191 g/mol. The van der Waals surface area contributed by atoms with Gasteiger partial charge in [0.15, 0.2) is 0 Å². The average molecular weight is 191 g/mol. The van der Waals surface area contributed by atoms with Crippen LogP contribution in [0.2, 0.25) is 0 Å². The molecular weight excluding hydrogens is 174 g/mol. The highest BCUT2D eigenvalue weighted by Gasteiger charge is 2.03. The predicted octanol–water partition coefficient (Wildman–Crippen LogP) is -0.816. The second-order valence-electron chi connectivity index (χ2n) is 2.87. The number of carboxylic acid groups (broad SMARTS) is 1. The average Bonchev–Trinajstić information content (AvgIpc) is 2.11. The molecule has 13 heavy (non-hydrogen) atoms. The van der Waals surface area contributed by atoms with Crippen molar-refractivity contribution in [2.45, 2.75) is 25.3 Å². The van der Waals surface area contributed by atoms with Gasteiger partial charge in [0.2, 0.25) is 0 Å². The lowest BCUT2D eigenvalue weighted by Gasteiger charge is -2.12. The molecular formula is C8H17NO4. The van der Waals surface area contributed by atoms with E-state index in [1.54, 1.807) is 0 Å². The van der Waals surface area contributed by atoms with Gasteiger partial charge in [-0.05, 0) is 19.4 Å². The van der Waals surface area contributed by atoms with Crippen LogP contribution in [0.5, 0.6) is 0 Å². The standard InChI is InChI=1S/C8H17NO4/c10-5-7(6-11)9-4-2-1-3-8(12)13/h7,9-11H,1-6H2,(H,12,13). The molecule has 0 spiro atoms. The lowest BCUT2D eigenvalue weighted by Crippen LogP contribution is -2.36. The molecule has 0 unspecified atom stereocenters. The Morgan fingerprint density at radius 1 is 1.23 bits per heavy atom. The van der Waals surface area contributed by atoms with Gasteiger partial charge in [-0.2, -0.15) is 0 Å². The Kier molecular flexibility index (Phi) is 7.57. The number of unbranched alkanes of at least 4 members (excludes halogenated alkanes) is 1. The van der Waals surface area contributed by atoms with E-state index in [-0.39, 0.29) is 25.7 Å². The Bertz CT molecular complexity index is 136. The maximum absolute atomic E-state index is 10.1. The first-order valence-corrected chi connectivity index (χ1v) is 4.37. The minimum Gasteiger partial charge on any atom is -0.481 e. The van der Waals surface area contributed by atoms with Gasteiger partial charge >= 0.3 is 5.97 Å². The largest absolute Gasteiger partial charge is 0.481 e. The van der Waals surface area contributed by atoms with Crippen LogP contribution in [0.1, 0.15) is 19.3 Å². The number of aliphatic hydroxyl groups is 2. The highest BCUT2D eigenvalue weighted by molar-refractivity contribution is 5.66. The molecule has 5 nitrogen and oxygen atoms in total. The molecule has 0 amide bonds. The maximum atomic E-state index is 10.1. The van der Waals surface area contributed by atoms with Crippen molar-refractivity contribution in [2.24, 2.45) is 0 Å². The fourth-order valence-electron chi connectivity index (χ4n) is 0.894. The first kappa shape index (κ1) is 12.3. The van der Waals surface area contributed by atoms with Gasteiger partial charge in [0, 0.05) is 6.42 Å². The molecule has 0 saturated heterocycles. The second-order valence-corrected chi connectivity index (χ2v) is 2.87. The first-order valence-electron chi connectivity index (χ1n) is 4.37. The van der Waals surface area contributed by atoms with Crippen molar-refractivity contribution in [1.29, 1.82) is 0 Å². The summed E-state index contributed by atoms with van der Waals surface area (Å²) in [7, 11) is 0. The van der Waals surface area contributed by atoms with Crippen LogP contribution >= 0.6 is 0 Å². The fraction of sp³-hybridized carbons (Fsp3) is 0.875. The molecule has 0 aromatic rings. The number of carboxylic acids is 1. The smallest absolute Gasteiger partial charge is 0.303 e. The van der Waals surface area contributed by atoms with E-state index in [2.05, 4.69) is 5.32 Å². The van der Waals surface area contributed by atoms with E-state index >= 15 is 0 Å². The third-order valence-corrected chi connectivity index (χ3v) is 1.69. The fourth-order valence-corrected chi connectivity index (χ4v) is 0.894. The zero-order chi connectivity index (χ0) is 10.1. The molecule has 0 aliphatic rings. The lowest BCUT2D eigenvalue weighted by atomic mass is 10.2. The number of carbonyl (C=O) groups is 1. The van der Waals surface area contributed by atoms with Gasteiger partial charge in [-0.25, -0.2) is 0 Å². The first-order chi connectivity index (χ1) is 6.20. The van der Waals surface area contributed by atoms with Crippen molar-refractivity contribution in [3.63, 3.8) is 0 Å². The Morgan fingerprint density at radius 3 is 2.31 bits per heavy atom. The molecule has 0 aliphatic carbocycles. The molecule has 0 atom stereocenters. The SMILES string of the molecule is O=C(O)CCCCNC(CO)CO. The predicted molar refractivity (Wildman–Crippen MR) is 47.4 cm³/mol. The van der Waals surface area contributed by atoms with Crippen LogP contribution < -0.4 is 5.32 Å². The molecule has 0 fully saturated rings. The summed E-state index contributed by atoms with van der Waals surface area (Å²) in [5, 5.41) is 28.5. The van der Waals surface area contributed by atoms with Crippen LogP contribution in [0, 0.1) is 0 Å². The lowest BCUT2D eigenvalue weighted by molar-refractivity contribution is -0.137. The molecule has 0 saturated carbocycles. The highest BCUT2D eigenvalue weighted by atomic mass is 16.4. The molecule has 0 rings (SSSR count). The van der Waals surface area contributed by atoms with Gasteiger partial charge < -0.3 is 20.6 Å². The quantitative estimate of drug-likeness (QED) is 0.376. The molecule has 5 heteroatoms. The Morgan fingerprint density at radius 2 is 1.85 bits per heavy atom. The van der Waals surface area contributed by atoms with Crippen LogP contribution in [-0.2, 0) is 4.79 Å². The van der Waals surface area contributed by atoms with E-state index in [1.807, 2.05) is 0 Å². The molecule has 78 valence electrons. The summed E-state index contributed by atoms with van der Waals surface area (Å²) in [6.45, 7) is 0.421. The summed E-state index contributed by atoms with van der Waals surface area (Å²) in [6, 6.07) is -0.287. The number of aliphatic carboxylic acids is 1. The van der Waals surface area contributed by atoms with E-state index in [9.17, 15) is 4.79 Å². The summed E-state index contributed by atoms with van der Waals surface area (Å²) in [6.07, 6.45) is 1.53.